The number of rotatable bonds is 3. The third-order valence-corrected chi connectivity index (χ3v) is 4.25. The number of aryl methyl sites for hydroxylation is 1. The van der Waals surface area contributed by atoms with E-state index in [-0.39, 0.29) is 11.8 Å². The predicted molar refractivity (Wildman–Crippen MR) is 103 cm³/mol. The lowest BCUT2D eigenvalue weighted by Crippen LogP contribution is -1.96. The Morgan fingerprint density at radius 1 is 0.815 bits per heavy atom. The molecule has 0 radical (unpaired) electrons. The van der Waals surface area contributed by atoms with Crippen molar-refractivity contribution in [1.29, 1.82) is 0 Å². The molecule has 2 heterocycles. The molecule has 4 aromatic rings. The molecule has 2 aromatic heterocycles. The van der Waals surface area contributed by atoms with Crippen molar-refractivity contribution < 1.29 is 4.39 Å². The van der Waals surface area contributed by atoms with Crippen LogP contribution in [0.5, 0.6) is 0 Å². The minimum absolute atomic E-state index is 0.197. The average Bonchev–Trinajstić information content (AvgIpc) is 2.69. The third kappa shape index (κ3) is 3.37. The zero-order valence-corrected chi connectivity index (χ0v) is 14.6. The Hall–Kier alpha value is -3.67. The molecule has 0 spiro atoms. The molecular formula is C21H16FN5. The summed E-state index contributed by atoms with van der Waals surface area (Å²) in [5.74, 6) is 0.508. The minimum atomic E-state index is -0.336. The van der Waals surface area contributed by atoms with E-state index in [2.05, 4.69) is 19.9 Å². The van der Waals surface area contributed by atoms with Crippen LogP contribution in [0.1, 0.15) is 5.82 Å². The minimum Gasteiger partial charge on any atom is -0.368 e. The molecule has 0 amide bonds. The Balaban J connectivity index is 1.79. The summed E-state index contributed by atoms with van der Waals surface area (Å²) in [6.07, 6.45) is 4.85. The van der Waals surface area contributed by atoms with E-state index in [0.717, 1.165) is 16.7 Å². The first kappa shape index (κ1) is 16.8. The van der Waals surface area contributed by atoms with E-state index in [4.69, 9.17) is 5.73 Å². The number of benzene rings is 2. The predicted octanol–water partition coefficient (Wildman–Crippen LogP) is 4.30. The number of aromatic nitrogens is 4. The van der Waals surface area contributed by atoms with Gasteiger partial charge in [-0.2, -0.15) is 0 Å². The monoisotopic (exact) mass is 357 g/mol. The summed E-state index contributed by atoms with van der Waals surface area (Å²) in [5, 5.41) is 0. The largest absolute Gasteiger partial charge is 0.368 e. The molecular weight excluding hydrogens is 341 g/mol. The highest BCUT2D eigenvalue weighted by Crippen LogP contribution is 2.33. The van der Waals surface area contributed by atoms with Gasteiger partial charge in [0.05, 0.1) is 5.69 Å². The summed E-state index contributed by atoms with van der Waals surface area (Å²) >= 11 is 0. The molecule has 0 aliphatic carbocycles. The van der Waals surface area contributed by atoms with Gasteiger partial charge >= 0.3 is 0 Å². The fourth-order valence-electron chi connectivity index (χ4n) is 2.93. The van der Waals surface area contributed by atoms with Crippen LogP contribution in [0.25, 0.3) is 33.5 Å². The maximum absolute atomic E-state index is 14.8. The maximum Gasteiger partial charge on any atom is 0.220 e. The van der Waals surface area contributed by atoms with Crippen molar-refractivity contribution in [2.45, 2.75) is 6.92 Å². The van der Waals surface area contributed by atoms with Crippen LogP contribution in [-0.4, -0.2) is 19.9 Å². The molecule has 0 fully saturated rings. The Bertz CT molecular complexity index is 1110. The molecule has 5 nitrogen and oxygen atoms in total. The standard InChI is InChI=1S/C21H16FN5/c1-13-25-11-15(12-26-13)17-7-6-14(10-19(17)22)16-4-2-3-5-18(16)20-8-9-24-21(23)27-20/h2-12H,1H3,(H2,23,24,27). The normalized spacial score (nSPS) is 10.7. The topological polar surface area (TPSA) is 77.6 Å². The highest BCUT2D eigenvalue weighted by molar-refractivity contribution is 5.83. The Labute approximate surface area is 155 Å². The molecule has 0 atom stereocenters. The molecule has 0 unspecified atom stereocenters. The number of halogens is 1. The third-order valence-electron chi connectivity index (χ3n) is 4.25. The number of anilines is 1. The lowest BCUT2D eigenvalue weighted by atomic mass is 9.95. The lowest BCUT2D eigenvalue weighted by Gasteiger charge is -2.11. The van der Waals surface area contributed by atoms with Crippen molar-refractivity contribution in [3.63, 3.8) is 0 Å². The van der Waals surface area contributed by atoms with Crippen LogP contribution in [0.4, 0.5) is 10.3 Å². The number of nitrogens with zero attached hydrogens (tertiary/aromatic N) is 4. The van der Waals surface area contributed by atoms with Gasteiger partial charge in [0.15, 0.2) is 0 Å². The van der Waals surface area contributed by atoms with Gasteiger partial charge in [0.2, 0.25) is 5.95 Å². The van der Waals surface area contributed by atoms with Gasteiger partial charge in [0.25, 0.3) is 0 Å². The summed E-state index contributed by atoms with van der Waals surface area (Å²) in [4.78, 5) is 16.5. The zero-order valence-electron chi connectivity index (χ0n) is 14.6. The van der Waals surface area contributed by atoms with E-state index < -0.39 is 0 Å². The van der Waals surface area contributed by atoms with E-state index in [1.165, 1.54) is 6.07 Å². The molecule has 2 aromatic carbocycles. The fraction of sp³-hybridized carbons (Fsp3) is 0.0476. The second kappa shape index (κ2) is 6.92. The second-order valence-corrected chi connectivity index (χ2v) is 6.06. The van der Waals surface area contributed by atoms with Crippen LogP contribution in [0.3, 0.4) is 0 Å². The van der Waals surface area contributed by atoms with Crippen LogP contribution >= 0.6 is 0 Å². The van der Waals surface area contributed by atoms with Crippen molar-refractivity contribution >= 4 is 5.95 Å². The summed E-state index contributed by atoms with van der Waals surface area (Å²) < 4.78 is 14.8. The molecule has 0 bridgehead atoms. The van der Waals surface area contributed by atoms with Gasteiger partial charge in [-0.1, -0.05) is 36.4 Å². The van der Waals surface area contributed by atoms with Crippen LogP contribution in [0, 0.1) is 12.7 Å². The Morgan fingerprint density at radius 3 is 2.26 bits per heavy atom. The van der Waals surface area contributed by atoms with Gasteiger partial charge in [0, 0.05) is 35.3 Å². The van der Waals surface area contributed by atoms with Gasteiger partial charge < -0.3 is 5.73 Å². The summed E-state index contributed by atoms with van der Waals surface area (Å²) in [7, 11) is 0. The van der Waals surface area contributed by atoms with Crippen molar-refractivity contribution in [2.75, 3.05) is 5.73 Å². The fourth-order valence-corrected chi connectivity index (χ4v) is 2.93. The van der Waals surface area contributed by atoms with E-state index in [1.807, 2.05) is 30.3 Å². The smallest absolute Gasteiger partial charge is 0.220 e. The highest BCUT2D eigenvalue weighted by Gasteiger charge is 2.12. The molecule has 4 rings (SSSR count). The molecule has 2 N–H and O–H groups in total. The first-order chi connectivity index (χ1) is 13.1. The van der Waals surface area contributed by atoms with Crippen LogP contribution in [0.2, 0.25) is 0 Å². The molecule has 0 aliphatic rings. The first-order valence-electron chi connectivity index (χ1n) is 8.39. The van der Waals surface area contributed by atoms with Crippen LogP contribution in [-0.2, 0) is 0 Å². The molecule has 27 heavy (non-hydrogen) atoms. The van der Waals surface area contributed by atoms with Gasteiger partial charge in [-0.3, -0.25) is 0 Å². The van der Waals surface area contributed by atoms with E-state index in [0.29, 0.717) is 22.6 Å². The lowest BCUT2D eigenvalue weighted by molar-refractivity contribution is 0.631. The second-order valence-electron chi connectivity index (χ2n) is 6.06. The number of hydrogen-bond donors (Lipinski definition) is 1. The van der Waals surface area contributed by atoms with Crippen molar-refractivity contribution in [1.82, 2.24) is 19.9 Å². The first-order valence-corrected chi connectivity index (χ1v) is 8.39. The SMILES string of the molecule is Cc1ncc(-c2ccc(-c3ccccc3-c3ccnc(N)n3)cc2F)cn1. The van der Waals surface area contributed by atoms with E-state index >= 15 is 0 Å². The number of nitrogen functional groups attached to an aromatic ring is 1. The van der Waals surface area contributed by atoms with E-state index in [1.54, 1.807) is 37.6 Å². The summed E-state index contributed by atoms with van der Waals surface area (Å²) in [6.45, 7) is 1.79. The molecule has 0 saturated carbocycles. The van der Waals surface area contributed by atoms with Crippen molar-refractivity contribution in [3.8, 4) is 33.5 Å². The molecule has 0 aliphatic heterocycles. The zero-order chi connectivity index (χ0) is 18.8. The van der Waals surface area contributed by atoms with Crippen molar-refractivity contribution in [2.24, 2.45) is 0 Å². The Morgan fingerprint density at radius 2 is 1.56 bits per heavy atom. The van der Waals surface area contributed by atoms with Gasteiger partial charge in [-0.25, -0.2) is 24.3 Å². The van der Waals surface area contributed by atoms with Gasteiger partial charge in [-0.05, 0) is 30.2 Å². The highest BCUT2D eigenvalue weighted by atomic mass is 19.1. The van der Waals surface area contributed by atoms with E-state index in [9.17, 15) is 4.39 Å². The molecule has 132 valence electrons. The van der Waals surface area contributed by atoms with Crippen LogP contribution in [0.15, 0.2) is 67.1 Å². The summed E-state index contributed by atoms with van der Waals surface area (Å²) in [5.41, 5.74) is 9.97. The average molecular weight is 357 g/mol. The Kier molecular flexibility index (Phi) is 4.30. The quantitative estimate of drug-likeness (QED) is 0.591. The molecule has 0 saturated heterocycles. The van der Waals surface area contributed by atoms with Gasteiger partial charge in [-0.15, -0.1) is 0 Å². The molecule has 6 heteroatoms. The number of nitrogens with two attached hydrogens (primary N) is 1. The van der Waals surface area contributed by atoms with Gasteiger partial charge in [0.1, 0.15) is 11.6 Å². The van der Waals surface area contributed by atoms with Crippen LogP contribution < -0.4 is 5.73 Å². The summed E-state index contributed by atoms with van der Waals surface area (Å²) in [6, 6.07) is 14.6. The van der Waals surface area contributed by atoms with Crippen molar-refractivity contribution in [3.05, 3.63) is 78.8 Å². The maximum atomic E-state index is 14.8. The number of hydrogen-bond acceptors (Lipinski definition) is 5.